The van der Waals surface area contributed by atoms with E-state index in [0.717, 1.165) is 11.1 Å². The third-order valence-corrected chi connectivity index (χ3v) is 2.97. The standard InChI is InChI=1S/C9H11FO.C8H9F.C2H5F/c1-7(6-10)8-2-4-9(11)5-3-8;1-7-2-4-8(6-9)5-3-7;1-2-3/h2-5,7,11H,6H2,1H3;2-5H,6H2,1H3;2H2,1H3. The van der Waals surface area contributed by atoms with Crippen LogP contribution in [0.15, 0.2) is 48.5 Å². The minimum Gasteiger partial charge on any atom is -0.508 e. The summed E-state index contributed by atoms with van der Waals surface area (Å²) in [5.74, 6) is 0.149. The molecule has 2 aromatic carbocycles. The van der Waals surface area contributed by atoms with Crippen molar-refractivity contribution < 1.29 is 18.3 Å². The third-order valence-electron chi connectivity index (χ3n) is 2.97. The van der Waals surface area contributed by atoms with Crippen LogP contribution >= 0.6 is 0 Å². The number of halogens is 3. The highest BCUT2D eigenvalue weighted by atomic mass is 19.1. The van der Waals surface area contributed by atoms with Crippen LogP contribution in [0.2, 0.25) is 0 Å². The van der Waals surface area contributed by atoms with Crippen molar-refractivity contribution in [2.24, 2.45) is 0 Å². The molecule has 1 atom stereocenters. The van der Waals surface area contributed by atoms with E-state index in [1.165, 1.54) is 12.5 Å². The predicted octanol–water partition coefficient (Wildman–Crippen LogP) is 5.91. The fourth-order valence-corrected chi connectivity index (χ4v) is 1.57. The lowest BCUT2D eigenvalue weighted by molar-refractivity contribution is 0.445. The molecular formula is C19H25F3O. The molecule has 0 aliphatic carbocycles. The van der Waals surface area contributed by atoms with E-state index in [2.05, 4.69) is 0 Å². The molecule has 1 nitrogen and oxygen atoms in total. The van der Waals surface area contributed by atoms with E-state index in [-0.39, 0.29) is 31.7 Å². The van der Waals surface area contributed by atoms with Gasteiger partial charge < -0.3 is 5.11 Å². The molecule has 128 valence electrons. The largest absolute Gasteiger partial charge is 0.508 e. The second-order valence-corrected chi connectivity index (χ2v) is 5.03. The van der Waals surface area contributed by atoms with Crippen LogP contribution in [0.1, 0.15) is 36.5 Å². The summed E-state index contributed by atoms with van der Waals surface area (Å²) in [5, 5.41) is 8.92. The summed E-state index contributed by atoms with van der Waals surface area (Å²) in [6, 6.07) is 14.0. The molecule has 23 heavy (non-hydrogen) atoms. The van der Waals surface area contributed by atoms with Gasteiger partial charge in [-0.05, 0) is 37.1 Å². The van der Waals surface area contributed by atoms with Gasteiger partial charge in [0, 0.05) is 5.92 Å². The van der Waals surface area contributed by atoms with Gasteiger partial charge in [0.05, 0.1) is 13.3 Å². The maximum atomic E-state index is 12.1. The normalized spacial score (nSPS) is 10.7. The van der Waals surface area contributed by atoms with Gasteiger partial charge in [-0.15, -0.1) is 0 Å². The number of rotatable bonds is 3. The number of phenols is 1. The maximum Gasteiger partial charge on any atom is 0.115 e. The van der Waals surface area contributed by atoms with Gasteiger partial charge >= 0.3 is 0 Å². The van der Waals surface area contributed by atoms with E-state index >= 15 is 0 Å². The maximum absolute atomic E-state index is 12.1. The first-order valence-electron chi connectivity index (χ1n) is 7.50. The summed E-state index contributed by atoms with van der Waals surface area (Å²) in [5.41, 5.74) is 2.85. The number of alkyl halides is 3. The van der Waals surface area contributed by atoms with Crippen molar-refractivity contribution in [1.29, 1.82) is 0 Å². The second kappa shape index (κ2) is 12.6. The summed E-state index contributed by atoms with van der Waals surface area (Å²) < 4.78 is 34.3. The summed E-state index contributed by atoms with van der Waals surface area (Å²) >= 11 is 0. The van der Waals surface area contributed by atoms with Crippen molar-refractivity contribution in [3.05, 3.63) is 65.2 Å². The minimum atomic E-state index is -0.361. The Hall–Kier alpha value is -1.97. The number of aromatic hydroxyl groups is 1. The number of phenolic OH excluding ortho intramolecular Hbond substituents is 1. The van der Waals surface area contributed by atoms with Crippen LogP contribution in [0.4, 0.5) is 13.2 Å². The number of benzene rings is 2. The smallest absolute Gasteiger partial charge is 0.115 e. The summed E-state index contributed by atoms with van der Waals surface area (Å²) in [4.78, 5) is 0. The Morgan fingerprint density at radius 3 is 1.78 bits per heavy atom. The lowest BCUT2D eigenvalue weighted by Crippen LogP contribution is -1.93. The van der Waals surface area contributed by atoms with Crippen molar-refractivity contribution in [1.82, 2.24) is 0 Å². The second-order valence-electron chi connectivity index (χ2n) is 5.03. The van der Waals surface area contributed by atoms with Gasteiger partial charge in [0.15, 0.2) is 0 Å². The molecule has 0 aromatic heterocycles. The molecule has 2 aromatic rings. The topological polar surface area (TPSA) is 20.2 Å². The highest BCUT2D eigenvalue weighted by Gasteiger charge is 2.03. The van der Waals surface area contributed by atoms with Crippen LogP contribution in [-0.4, -0.2) is 18.5 Å². The van der Waals surface area contributed by atoms with E-state index in [1.807, 2.05) is 26.0 Å². The zero-order valence-electron chi connectivity index (χ0n) is 13.9. The summed E-state index contributed by atoms with van der Waals surface area (Å²) in [6.45, 7) is 4.29. The predicted molar refractivity (Wildman–Crippen MR) is 90.1 cm³/mol. The van der Waals surface area contributed by atoms with Gasteiger partial charge in [-0.1, -0.05) is 48.9 Å². The van der Waals surface area contributed by atoms with Crippen LogP contribution in [0, 0.1) is 6.92 Å². The lowest BCUT2D eigenvalue weighted by Gasteiger charge is -2.05. The highest BCUT2D eigenvalue weighted by Crippen LogP contribution is 2.18. The average molecular weight is 326 g/mol. The Bertz CT molecular complexity index is 509. The molecule has 0 heterocycles. The third kappa shape index (κ3) is 9.61. The zero-order valence-corrected chi connectivity index (χ0v) is 13.9. The Morgan fingerprint density at radius 1 is 0.913 bits per heavy atom. The molecule has 0 saturated carbocycles. The van der Waals surface area contributed by atoms with Gasteiger partial charge in [-0.2, -0.15) is 0 Å². The van der Waals surface area contributed by atoms with Gasteiger partial charge in [-0.3, -0.25) is 8.78 Å². The Balaban J connectivity index is 0.000000365. The molecule has 1 unspecified atom stereocenters. The molecule has 1 N–H and O–H groups in total. The Kier molecular flexibility index (Phi) is 11.5. The monoisotopic (exact) mass is 326 g/mol. The van der Waals surface area contributed by atoms with Crippen LogP contribution in [0.5, 0.6) is 5.75 Å². The zero-order chi connectivity index (χ0) is 17.7. The van der Waals surface area contributed by atoms with Crippen molar-refractivity contribution in [2.75, 3.05) is 13.3 Å². The van der Waals surface area contributed by atoms with Crippen molar-refractivity contribution in [3.63, 3.8) is 0 Å². The van der Waals surface area contributed by atoms with Crippen LogP contribution in [0.25, 0.3) is 0 Å². The van der Waals surface area contributed by atoms with Crippen LogP contribution in [0.3, 0.4) is 0 Å². The molecule has 0 saturated heterocycles. The SMILES string of the molecule is CC(CF)c1ccc(O)cc1.CCF.Cc1ccc(CF)cc1. The van der Waals surface area contributed by atoms with E-state index < -0.39 is 0 Å². The first-order valence-corrected chi connectivity index (χ1v) is 7.50. The first-order chi connectivity index (χ1) is 11.0. The van der Waals surface area contributed by atoms with E-state index in [9.17, 15) is 13.2 Å². The minimum absolute atomic E-state index is 0.0735. The molecule has 2 rings (SSSR count). The van der Waals surface area contributed by atoms with E-state index in [1.54, 1.807) is 36.4 Å². The number of aryl methyl sites for hydroxylation is 1. The molecule has 4 heteroatoms. The summed E-state index contributed by atoms with van der Waals surface area (Å²) in [7, 11) is 0. The molecule has 0 spiro atoms. The highest BCUT2D eigenvalue weighted by molar-refractivity contribution is 5.27. The van der Waals surface area contributed by atoms with E-state index in [0.29, 0.717) is 0 Å². The van der Waals surface area contributed by atoms with Crippen molar-refractivity contribution in [3.8, 4) is 5.75 Å². The first kappa shape index (κ1) is 21.0. The lowest BCUT2D eigenvalue weighted by atomic mass is 10.0. The fraction of sp³-hybridized carbons (Fsp3) is 0.368. The molecule has 0 aliphatic rings. The molecule has 0 radical (unpaired) electrons. The molecular weight excluding hydrogens is 301 g/mol. The van der Waals surface area contributed by atoms with Gasteiger partial charge in [-0.25, -0.2) is 4.39 Å². The van der Waals surface area contributed by atoms with Crippen LogP contribution < -0.4 is 0 Å². The van der Waals surface area contributed by atoms with Crippen LogP contribution in [-0.2, 0) is 6.67 Å². The fourth-order valence-electron chi connectivity index (χ4n) is 1.57. The molecule has 0 aliphatic heterocycles. The Labute approximate surface area is 136 Å². The van der Waals surface area contributed by atoms with Gasteiger partial charge in [0.25, 0.3) is 0 Å². The molecule has 0 bridgehead atoms. The average Bonchev–Trinajstić information content (AvgIpc) is 2.57. The number of hydrogen-bond acceptors (Lipinski definition) is 1. The number of hydrogen-bond donors (Lipinski definition) is 1. The summed E-state index contributed by atoms with van der Waals surface area (Å²) in [6.07, 6.45) is 0. The quantitative estimate of drug-likeness (QED) is 0.744. The van der Waals surface area contributed by atoms with Crippen molar-refractivity contribution in [2.45, 2.75) is 33.4 Å². The van der Waals surface area contributed by atoms with E-state index in [4.69, 9.17) is 5.11 Å². The van der Waals surface area contributed by atoms with Crippen molar-refractivity contribution >= 4 is 0 Å². The molecule has 0 amide bonds. The van der Waals surface area contributed by atoms with Gasteiger partial charge in [0.2, 0.25) is 0 Å². The molecule has 0 fully saturated rings. The Morgan fingerprint density at radius 2 is 1.39 bits per heavy atom. The van der Waals surface area contributed by atoms with Gasteiger partial charge in [0.1, 0.15) is 12.4 Å².